The van der Waals surface area contributed by atoms with E-state index in [-0.39, 0.29) is 5.78 Å². The molecule has 3 rings (SSSR count). The number of carbonyl (C=O) groups excluding carboxylic acids is 1. The van der Waals surface area contributed by atoms with E-state index < -0.39 is 0 Å². The first-order chi connectivity index (χ1) is 15.9. The van der Waals surface area contributed by atoms with Crippen molar-refractivity contribution in [2.45, 2.75) is 40.5 Å². The molecular formula is C31H36O2. The number of benzene rings is 3. The molecular weight excluding hydrogens is 404 g/mol. The van der Waals surface area contributed by atoms with Gasteiger partial charge in [-0.3, -0.25) is 4.79 Å². The van der Waals surface area contributed by atoms with Crippen LogP contribution in [0.2, 0.25) is 0 Å². The Balaban J connectivity index is 0.00000187. The molecule has 0 aliphatic heterocycles. The molecule has 0 unspecified atom stereocenters. The van der Waals surface area contributed by atoms with Crippen molar-refractivity contribution in [1.82, 2.24) is 0 Å². The quantitative estimate of drug-likeness (QED) is 0.395. The maximum Gasteiger partial charge on any atom is 0.193 e. The third-order valence-electron chi connectivity index (χ3n) is 5.38. The molecule has 0 saturated heterocycles. The highest BCUT2D eigenvalue weighted by molar-refractivity contribution is 6.10. The van der Waals surface area contributed by atoms with E-state index in [1.807, 2.05) is 68.5 Å². The average molecular weight is 441 g/mol. The molecule has 33 heavy (non-hydrogen) atoms. The maximum atomic E-state index is 13.4. The zero-order chi connectivity index (χ0) is 24.4. The van der Waals surface area contributed by atoms with Crippen molar-refractivity contribution in [3.8, 4) is 5.75 Å². The molecule has 0 radical (unpaired) electrons. The number of hydrogen-bond donors (Lipinski definition) is 0. The standard InChI is InChI=1S/C29H30O2.C2H6/c1-6-10-26-21(4)11-9-13-23(26)18-25-19-24(15-16-28(25)31-5)29(30)27-14-8-7-12-22(27)17-20(2)3;1-2/h6-16,19-20H,1,4,17-18H2,2-3,5H3;1-2H3/b26-10+;. The van der Waals surface area contributed by atoms with Crippen molar-refractivity contribution in [3.05, 3.63) is 112 Å². The minimum Gasteiger partial charge on any atom is -0.496 e. The van der Waals surface area contributed by atoms with Crippen molar-refractivity contribution in [1.29, 1.82) is 0 Å². The van der Waals surface area contributed by atoms with Crippen LogP contribution in [0.5, 0.6) is 5.75 Å². The van der Waals surface area contributed by atoms with Gasteiger partial charge >= 0.3 is 0 Å². The van der Waals surface area contributed by atoms with Gasteiger partial charge in [0.1, 0.15) is 5.75 Å². The second kappa shape index (κ2) is 12.6. The first kappa shape index (κ1) is 25.9. The molecule has 0 heterocycles. The van der Waals surface area contributed by atoms with E-state index in [4.69, 9.17) is 4.74 Å². The van der Waals surface area contributed by atoms with Gasteiger partial charge in [-0.2, -0.15) is 0 Å². The summed E-state index contributed by atoms with van der Waals surface area (Å²) < 4.78 is 5.61. The van der Waals surface area contributed by atoms with Crippen molar-refractivity contribution in [2.24, 2.45) is 5.92 Å². The molecule has 3 aromatic rings. The molecule has 0 saturated carbocycles. The number of methoxy groups -OCH3 is 1. The molecule has 2 nitrogen and oxygen atoms in total. The van der Waals surface area contributed by atoms with Crippen LogP contribution >= 0.6 is 0 Å². The van der Waals surface area contributed by atoms with Gasteiger partial charge < -0.3 is 4.74 Å². The van der Waals surface area contributed by atoms with Crippen LogP contribution in [0.25, 0.3) is 12.7 Å². The minimum atomic E-state index is 0.0453. The van der Waals surface area contributed by atoms with Crippen LogP contribution in [0.3, 0.4) is 0 Å². The number of ketones is 1. The Bertz CT molecular complexity index is 1200. The summed E-state index contributed by atoms with van der Waals surface area (Å²) in [5.74, 6) is 1.30. The summed E-state index contributed by atoms with van der Waals surface area (Å²) in [6.45, 7) is 16.3. The Morgan fingerprint density at radius 2 is 1.67 bits per heavy atom. The molecule has 0 bridgehead atoms. The summed E-state index contributed by atoms with van der Waals surface area (Å²) in [4.78, 5) is 13.4. The van der Waals surface area contributed by atoms with E-state index in [9.17, 15) is 4.79 Å². The largest absolute Gasteiger partial charge is 0.496 e. The number of carbonyl (C=O) groups is 1. The Hall–Kier alpha value is -3.39. The zero-order valence-corrected chi connectivity index (χ0v) is 20.7. The summed E-state index contributed by atoms with van der Waals surface area (Å²) in [5, 5.41) is 2.00. The average Bonchev–Trinajstić information content (AvgIpc) is 2.82. The van der Waals surface area contributed by atoms with Gasteiger partial charge in [-0.1, -0.05) is 95.5 Å². The summed E-state index contributed by atoms with van der Waals surface area (Å²) in [5.41, 5.74) is 4.63. The lowest BCUT2D eigenvalue weighted by Crippen LogP contribution is -2.27. The van der Waals surface area contributed by atoms with Crippen molar-refractivity contribution in [3.63, 3.8) is 0 Å². The first-order valence-electron chi connectivity index (χ1n) is 11.6. The van der Waals surface area contributed by atoms with Gasteiger partial charge in [0, 0.05) is 17.5 Å². The molecule has 0 spiro atoms. The predicted octanol–water partition coefficient (Wildman–Crippen LogP) is 6.12. The second-order valence-electron chi connectivity index (χ2n) is 8.18. The predicted molar refractivity (Wildman–Crippen MR) is 141 cm³/mol. The monoisotopic (exact) mass is 440 g/mol. The topological polar surface area (TPSA) is 26.3 Å². The number of ether oxygens (including phenoxy) is 1. The second-order valence-corrected chi connectivity index (χ2v) is 8.18. The highest BCUT2D eigenvalue weighted by atomic mass is 16.5. The molecule has 0 aromatic heterocycles. The first-order valence-corrected chi connectivity index (χ1v) is 11.6. The van der Waals surface area contributed by atoms with Crippen LogP contribution in [0, 0.1) is 5.92 Å². The normalized spacial score (nSPS) is 11.0. The lowest BCUT2D eigenvalue weighted by molar-refractivity contribution is 0.103. The minimum absolute atomic E-state index is 0.0453. The van der Waals surface area contributed by atoms with Crippen LogP contribution in [-0.2, 0) is 12.8 Å². The van der Waals surface area contributed by atoms with E-state index in [1.54, 1.807) is 13.2 Å². The fourth-order valence-corrected chi connectivity index (χ4v) is 3.93. The van der Waals surface area contributed by atoms with Gasteiger partial charge in [-0.15, -0.1) is 0 Å². The van der Waals surface area contributed by atoms with Crippen molar-refractivity contribution >= 4 is 18.4 Å². The van der Waals surface area contributed by atoms with E-state index >= 15 is 0 Å². The molecule has 0 aliphatic carbocycles. The van der Waals surface area contributed by atoms with Gasteiger partial charge in [0.05, 0.1) is 7.11 Å². The van der Waals surface area contributed by atoms with Crippen LogP contribution < -0.4 is 15.2 Å². The highest BCUT2D eigenvalue weighted by Gasteiger charge is 2.16. The number of allylic oxidation sites excluding steroid dienone is 1. The van der Waals surface area contributed by atoms with Gasteiger partial charge in [0.15, 0.2) is 5.78 Å². The smallest absolute Gasteiger partial charge is 0.193 e. The summed E-state index contributed by atoms with van der Waals surface area (Å²) >= 11 is 0. The van der Waals surface area contributed by atoms with Gasteiger partial charge in [-0.25, -0.2) is 0 Å². The molecule has 0 fully saturated rings. The summed E-state index contributed by atoms with van der Waals surface area (Å²) in [7, 11) is 1.66. The van der Waals surface area contributed by atoms with E-state index in [2.05, 4.69) is 39.1 Å². The fraction of sp³-hybridized carbons (Fsp3) is 0.258. The molecule has 172 valence electrons. The van der Waals surface area contributed by atoms with Gasteiger partial charge in [-0.05, 0) is 57.7 Å². The molecule has 0 aliphatic rings. The SMILES string of the molecule is C=C/C=c1/c(Cc2cc(C(=O)c3ccccc3CC(C)C)ccc2OC)cccc1=C.CC. The Kier molecular flexibility index (Phi) is 9.87. The third kappa shape index (κ3) is 6.55. The van der Waals surface area contributed by atoms with Crippen molar-refractivity contribution < 1.29 is 9.53 Å². The van der Waals surface area contributed by atoms with E-state index in [0.717, 1.165) is 44.9 Å². The molecule has 3 aromatic carbocycles. The van der Waals surface area contributed by atoms with Crippen LogP contribution in [0.1, 0.15) is 60.3 Å². The number of rotatable bonds is 8. The van der Waals surface area contributed by atoms with E-state index in [1.165, 1.54) is 0 Å². The molecule has 0 amide bonds. The van der Waals surface area contributed by atoms with Crippen LogP contribution in [0.15, 0.2) is 73.3 Å². The molecule has 0 atom stereocenters. The maximum absolute atomic E-state index is 13.4. The van der Waals surface area contributed by atoms with Gasteiger partial charge in [0.2, 0.25) is 0 Å². The van der Waals surface area contributed by atoms with Gasteiger partial charge in [0.25, 0.3) is 0 Å². The molecule has 0 N–H and O–H groups in total. The lowest BCUT2D eigenvalue weighted by Gasteiger charge is -2.14. The summed E-state index contributed by atoms with van der Waals surface area (Å²) in [6.07, 6.45) is 5.26. The Morgan fingerprint density at radius 1 is 0.970 bits per heavy atom. The highest BCUT2D eigenvalue weighted by Crippen LogP contribution is 2.25. The third-order valence-corrected chi connectivity index (χ3v) is 5.38. The Morgan fingerprint density at radius 3 is 2.33 bits per heavy atom. The molecule has 2 heteroatoms. The lowest BCUT2D eigenvalue weighted by atomic mass is 9.91. The summed E-state index contributed by atoms with van der Waals surface area (Å²) in [6, 6.07) is 19.7. The zero-order valence-electron chi connectivity index (χ0n) is 20.7. The van der Waals surface area contributed by atoms with Crippen LogP contribution in [0.4, 0.5) is 0 Å². The van der Waals surface area contributed by atoms with E-state index in [0.29, 0.717) is 17.9 Å². The Labute approximate surface area is 199 Å². The van der Waals surface area contributed by atoms with Crippen molar-refractivity contribution in [2.75, 3.05) is 7.11 Å². The fourth-order valence-electron chi connectivity index (χ4n) is 3.93. The number of hydrogen-bond acceptors (Lipinski definition) is 2. The van der Waals surface area contributed by atoms with Crippen LogP contribution in [-0.4, -0.2) is 12.9 Å².